The van der Waals surface area contributed by atoms with E-state index >= 15 is 0 Å². The van der Waals surface area contributed by atoms with Crippen LogP contribution in [0.25, 0.3) is 0 Å². The highest BCUT2D eigenvalue weighted by Crippen LogP contribution is 2.31. The third-order valence-corrected chi connectivity index (χ3v) is 5.09. The summed E-state index contributed by atoms with van der Waals surface area (Å²) in [7, 11) is 1.92. The monoisotopic (exact) mass is 290 g/mol. The van der Waals surface area contributed by atoms with Gasteiger partial charge in [0.25, 0.3) is 0 Å². The van der Waals surface area contributed by atoms with Crippen molar-refractivity contribution in [1.82, 2.24) is 20.4 Å². The molecule has 1 aromatic rings. The first-order chi connectivity index (χ1) is 10.1. The van der Waals surface area contributed by atoms with Gasteiger partial charge in [0.1, 0.15) is 0 Å². The normalized spacial score (nSPS) is 28.5. The van der Waals surface area contributed by atoms with Crippen LogP contribution in [0.3, 0.4) is 0 Å². The average Bonchev–Trinajstić information content (AvgIpc) is 3.07. The van der Waals surface area contributed by atoms with E-state index in [9.17, 15) is 4.79 Å². The number of hydrogen-bond donors (Lipinski definition) is 2. The molecule has 0 radical (unpaired) electrons. The minimum atomic E-state index is -0.00257. The second-order valence-electron chi connectivity index (χ2n) is 6.93. The second kappa shape index (κ2) is 5.79. The quantitative estimate of drug-likeness (QED) is 0.888. The van der Waals surface area contributed by atoms with E-state index in [2.05, 4.69) is 22.7 Å². The molecule has 1 saturated carbocycles. The lowest BCUT2D eigenvalue weighted by atomic mass is 9.82. The SMILES string of the molecule is Cn1cc([C@H]2CNC[C@@H]2C(=O)NC2(C)CCCCC2)cn1. The number of carbonyl (C=O) groups is 1. The van der Waals surface area contributed by atoms with Gasteiger partial charge in [0, 0.05) is 37.8 Å². The van der Waals surface area contributed by atoms with Crippen LogP contribution in [0, 0.1) is 5.92 Å². The summed E-state index contributed by atoms with van der Waals surface area (Å²) in [6.07, 6.45) is 9.89. The lowest BCUT2D eigenvalue weighted by Crippen LogP contribution is -2.50. The van der Waals surface area contributed by atoms with E-state index in [0.29, 0.717) is 0 Å². The average molecular weight is 290 g/mol. The standard InChI is InChI=1S/C16H26N4O/c1-16(6-4-3-5-7-16)19-15(21)14-10-17-9-13(14)12-8-18-20(2)11-12/h8,11,13-14,17H,3-7,9-10H2,1-2H3,(H,19,21)/t13-,14+/m1/s1. The molecule has 2 atom stereocenters. The molecule has 5 nitrogen and oxygen atoms in total. The number of aromatic nitrogens is 2. The molecule has 3 rings (SSSR count). The van der Waals surface area contributed by atoms with Gasteiger partial charge in [0.05, 0.1) is 12.1 Å². The summed E-state index contributed by atoms with van der Waals surface area (Å²) in [5.41, 5.74) is 1.16. The van der Waals surface area contributed by atoms with E-state index in [1.807, 2.05) is 24.1 Å². The Balaban J connectivity index is 1.68. The topological polar surface area (TPSA) is 59.0 Å². The van der Waals surface area contributed by atoms with E-state index < -0.39 is 0 Å². The maximum absolute atomic E-state index is 12.7. The molecular formula is C16H26N4O. The third-order valence-electron chi connectivity index (χ3n) is 5.09. The maximum Gasteiger partial charge on any atom is 0.225 e. The molecule has 116 valence electrons. The molecule has 0 aromatic carbocycles. The van der Waals surface area contributed by atoms with E-state index in [4.69, 9.17) is 0 Å². The number of nitrogens with one attached hydrogen (secondary N) is 2. The summed E-state index contributed by atoms with van der Waals surface area (Å²) in [6.45, 7) is 3.83. The first-order valence-electron chi connectivity index (χ1n) is 8.09. The number of hydrogen-bond acceptors (Lipinski definition) is 3. The van der Waals surface area contributed by atoms with Crippen molar-refractivity contribution in [1.29, 1.82) is 0 Å². The maximum atomic E-state index is 12.7. The molecule has 2 heterocycles. The zero-order chi connectivity index (χ0) is 14.9. The molecule has 1 saturated heterocycles. The Morgan fingerprint density at radius 1 is 1.38 bits per heavy atom. The molecule has 1 amide bonds. The molecule has 0 spiro atoms. The van der Waals surface area contributed by atoms with Gasteiger partial charge in [-0.1, -0.05) is 19.3 Å². The minimum absolute atomic E-state index is 0.00257. The highest BCUT2D eigenvalue weighted by atomic mass is 16.2. The Kier molecular flexibility index (Phi) is 4.02. The fourth-order valence-corrected chi connectivity index (χ4v) is 3.78. The van der Waals surface area contributed by atoms with Gasteiger partial charge in [0.15, 0.2) is 0 Å². The summed E-state index contributed by atoms with van der Waals surface area (Å²) >= 11 is 0. The molecule has 5 heteroatoms. The van der Waals surface area contributed by atoms with Gasteiger partial charge >= 0.3 is 0 Å². The van der Waals surface area contributed by atoms with Crippen molar-refractivity contribution in [3.63, 3.8) is 0 Å². The largest absolute Gasteiger partial charge is 0.351 e. The van der Waals surface area contributed by atoms with Crippen molar-refractivity contribution in [3.8, 4) is 0 Å². The van der Waals surface area contributed by atoms with E-state index in [0.717, 1.165) is 31.5 Å². The van der Waals surface area contributed by atoms with Gasteiger partial charge < -0.3 is 10.6 Å². The predicted octanol–water partition coefficient (Wildman–Crippen LogP) is 1.56. The van der Waals surface area contributed by atoms with Gasteiger partial charge in [-0.3, -0.25) is 9.48 Å². The summed E-state index contributed by atoms with van der Waals surface area (Å²) in [6, 6.07) is 0. The number of rotatable bonds is 3. The Labute approximate surface area is 126 Å². The fourth-order valence-electron chi connectivity index (χ4n) is 3.78. The lowest BCUT2D eigenvalue weighted by molar-refractivity contribution is -0.127. The summed E-state index contributed by atoms with van der Waals surface area (Å²) < 4.78 is 1.81. The van der Waals surface area contributed by atoms with Crippen LogP contribution in [-0.2, 0) is 11.8 Å². The Bertz CT molecular complexity index is 504. The van der Waals surface area contributed by atoms with Crippen molar-refractivity contribution in [2.75, 3.05) is 13.1 Å². The van der Waals surface area contributed by atoms with Crippen LogP contribution in [0.5, 0.6) is 0 Å². The van der Waals surface area contributed by atoms with Gasteiger partial charge in [-0.25, -0.2) is 0 Å². The molecule has 2 fully saturated rings. The third kappa shape index (κ3) is 3.12. The van der Waals surface area contributed by atoms with Gasteiger partial charge in [-0.15, -0.1) is 0 Å². The first kappa shape index (κ1) is 14.6. The molecule has 21 heavy (non-hydrogen) atoms. The Morgan fingerprint density at radius 2 is 2.14 bits per heavy atom. The predicted molar refractivity (Wildman–Crippen MR) is 81.9 cm³/mol. The van der Waals surface area contributed by atoms with E-state index in [1.54, 1.807) is 0 Å². The highest BCUT2D eigenvalue weighted by Gasteiger charge is 2.38. The van der Waals surface area contributed by atoms with Crippen LogP contribution in [0.15, 0.2) is 12.4 Å². The molecule has 1 aromatic heterocycles. The molecule has 1 aliphatic heterocycles. The number of amides is 1. The van der Waals surface area contributed by atoms with Crippen molar-refractivity contribution in [2.24, 2.45) is 13.0 Å². The molecule has 0 bridgehead atoms. The second-order valence-corrected chi connectivity index (χ2v) is 6.93. The molecule has 0 unspecified atom stereocenters. The van der Waals surface area contributed by atoms with E-state index in [1.165, 1.54) is 19.3 Å². The summed E-state index contributed by atoms with van der Waals surface area (Å²) in [5.74, 6) is 0.470. The zero-order valence-electron chi connectivity index (χ0n) is 13.1. The van der Waals surface area contributed by atoms with Crippen LogP contribution in [0.4, 0.5) is 0 Å². The minimum Gasteiger partial charge on any atom is -0.351 e. The zero-order valence-corrected chi connectivity index (χ0v) is 13.1. The van der Waals surface area contributed by atoms with Crippen LogP contribution in [-0.4, -0.2) is 34.3 Å². The van der Waals surface area contributed by atoms with Crippen molar-refractivity contribution < 1.29 is 4.79 Å². The summed E-state index contributed by atoms with van der Waals surface area (Å²) in [5, 5.41) is 10.9. The molecule has 2 N–H and O–H groups in total. The van der Waals surface area contributed by atoms with Gasteiger partial charge in [-0.2, -0.15) is 5.10 Å². The highest BCUT2D eigenvalue weighted by molar-refractivity contribution is 5.81. The number of carbonyl (C=O) groups excluding carboxylic acids is 1. The van der Waals surface area contributed by atoms with Crippen LogP contribution < -0.4 is 10.6 Å². The van der Waals surface area contributed by atoms with E-state index in [-0.39, 0.29) is 23.3 Å². The molecule has 1 aliphatic carbocycles. The van der Waals surface area contributed by atoms with Crippen molar-refractivity contribution in [3.05, 3.63) is 18.0 Å². The number of aryl methyl sites for hydroxylation is 1. The lowest BCUT2D eigenvalue weighted by Gasteiger charge is -2.36. The van der Waals surface area contributed by atoms with Gasteiger partial charge in [-0.05, 0) is 25.3 Å². The van der Waals surface area contributed by atoms with Crippen LogP contribution >= 0.6 is 0 Å². The smallest absolute Gasteiger partial charge is 0.225 e. The van der Waals surface area contributed by atoms with Crippen LogP contribution in [0.1, 0.15) is 50.5 Å². The fraction of sp³-hybridized carbons (Fsp3) is 0.750. The van der Waals surface area contributed by atoms with Crippen molar-refractivity contribution >= 4 is 5.91 Å². The number of nitrogens with zero attached hydrogens (tertiary/aromatic N) is 2. The molecule has 2 aliphatic rings. The van der Waals surface area contributed by atoms with Gasteiger partial charge in [0.2, 0.25) is 5.91 Å². The first-order valence-corrected chi connectivity index (χ1v) is 8.09. The molecular weight excluding hydrogens is 264 g/mol. The summed E-state index contributed by atoms with van der Waals surface area (Å²) in [4.78, 5) is 12.7. The van der Waals surface area contributed by atoms with Crippen LogP contribution in [0.2, 0.25) is 0 Å². The van der Waals surface area contributed by atoms with Crippen molar-refractivity contribution in [2.45, 2.75) is 50.5 Å². The Hall–Kier alpha value is -1.36. The Morgan fingerprint density at radius 3 is 2.81 bits per heavy atom.